The molecule has 2 aliphatic rings. The summed E-state index contributed by atoms with van der Waals surface area (Å²) in [5.41, 5.74) is 1.91. The number of aromatic nitrogens is 1. The molecule has 0 aromatic carbocycles. The predicted molar refractivity (Wildman–Crippen MR) is 106 cm³/mol. The van der Waals surface area contributed by atoms with Crippen LogP contribution in [0.15, 0.2) is 6.20 Å². The number of aliphatic hydroxyl groups is 1. The molecule has 0 unspecified atom stereocenters. The van der Waals surface area contributed by atoms with Crippen molar-refractivity contribution in [3.8, 4) is 5.75 Å². The van der Waals surface area contributed by atoms with Gasteiger partial charge in [-0.1, -0.05) is 0 Å². The summed E-state index contributed by atoms with van der Waals surface area (Å²) < 4.78 is 11.7. The first kappa shape index (κ1) is 21.0. The molecule has 0 bridgehead atoms. The van der Waals surface area contributed by atoms with Crippen molar-refractivity contribution in [1.82, 2.24) is 15.2 Å². The SMILES string of the molecule is COc1c(C)cnc(CN2CCC3(CC2)C[C@](C)(O)[C@@H](NC(C)=O)CO3)c1C. The summed E-state index contributed by atoms with van der Waals surface area (Å²) in [5.74, 6) is 0.769. The van der Waals surface area contributed by atoms with Crippen LogP contribution in [0.3, 0.4) is 0 Å². The van der Waals surface area contributed by atoms with Crippen molar-refractivity contribution in [2.24, 2.45) is 0 Å². The van der Waals surface area contributed by atoms with Gasteiger partial charge in [-0.05, 0) is 33.6 Å². The number of likely N-dealkylation sites (tertiary alicyclic amines) is 1. The Hall–Kier alpha value is -1.70. The lowest BCUT2D eigenvalue weighted by molar-refractivity contribution is -0.189. The third kappa shape index (κ3) is 4.31. The van der Waals surface area contributed by atoms with Crippen molar-refractivity contribution in [2.45, 2.75) is 70.7 Å². The molecule has 2 N–H and O–H groups in total. The van der Waals surface area contributed by atoms with Crippen molar-refractivity contribution < 1.29 is 19.4 Å². The second kappa shape index (κ2) is 7.97. The van der Waals surface area contributed by atoms with E-state index in [-0.39, 0.29) is 17.6 Å². The zero-order chi connectivity index (χ0) is 20.5. The third-order valence-electron chi connectivity index (χ3n) is 6.25. The van der Waals surface area contributed by atoms with Crippen LogP contribution in [0.25, 0.3) is 0 Å². The summed E-state index contributed by atoms with van der Waals surface area (Å²) >= 11 is 0. The zero-order valence-electron chi connectivity index (χ0n) is 17.7. The van der Waals surface area contributed by atoms with Gasteiger partial charge in [0.05, 0.1) is 36.7 Å². The normalized spacial score (nSPS) is 27.6. The van der Waals surface area contributed by atoms with Crippen molar-refractivity contribution in [3.05, 3.63) is 23.0 Å². The fraction of sp³-hybridized carbons (Fsp3) is 0.714. The minimum Gasteiger partial charge on any atom is -0.496 e. The molecule has 1 spiro atoms. The fourth-order valence-electron chi connectivity index (χ4n) is 4.59. The molecule has 1 aromatic rings. The Bertz CT molecular complexity index is 727. The summed E-state index contributed by atoms with van der Waals surface area (Å²) in [6.45, 7) is 10.2. The Morgan fingerprint density at radius 2 is 2.11 bits per heavy atom. The van der Waals surface area contributed by atoms with Gasteiger partial charge < -0.3 is 19.9 Å². The first-order chi connectivity index (χ1) is 13.2. The molecule has 1 aromatic heterocycles. The topological polar surface area (TPSA) is 83.9 Å². The standard InChI is InChI=1S/C21H33N3O4/c1-14-10-22-17(15(2)19(14)27-5)11-24-8-6-21(7-9-24)13-20(4,26)18(12-28-21)23-16(3)25/h10,18,26H,6-9,11-13H2,1-5H3,(H,23,25)/t18-,20-/m0/s1. The number of nitrogens with one attached hydrogen (secondary N) is 1. The van der Waals surface area contributed by atoms with Gasteiger partial charge in [0.1, 0.15) is 5.75 Å². The number of ether oxygens (including phenoxy) is 2. The molecule has 2 saturated heterocycles. The summed E-state index contributed by atoms with van der Waals surface area (Å²) in [6, 6.07) is -0.361. The molecular formula is C21H33N3O4. The lowest BCUT2D eigenvalue weighted by Crippen LogP contribution is -2.63. The maximum atomic E-state index is 11.4. The third-order valence-corrected chi connectivity index (χ3v) is 6.25. The van der Waals surface area contributed by atoms with Crippen molar-refractivity contribution in [3.63, 3.8) is 0 Å². The Morgan fingerprint density at radius 1 is 1.43 bits per heavy atom. The molecule has 0 radical (unpaired) electrons. The van der Waals surface area contributed by atoms with E-state index in [2.05, 4.69) is 22.1 Å². The summed E-state index contributed by atoms with van der Waals surface area (Å²) in [6.07, 6.45) is 4.13. The highest BCUT2D eigenvalue weighted by molar-refractivity contribution is 5.73. The van der Waals surface area contributed by atoms with Crippen LogP contribution in [0.5, 0.6) is 5.75 Å². The van der Waals surface area contributed by atoms with Gasteiger partial charge in [0.15, 0.2) is 0 Å². The van der Waals surface area contributed by atoms with Crippen LogP contribution in [0.4, 0.5) is 0 Å². The highest BCUT2D eigenvalue weighted by Gasteiger charge is 2.49. The number of piperidine rings is 1. The zero-order valence-corrected chi connectivity index (χ0v) is 17.7. The summed E-state index contributed by atoms with van der Waals surface area (Å²) in [7, 11) is 1.70. The number of carbonyl (C=O) groups excluding carboxylic acids is 1. The van der Waals surface area contributed by atoms with E-state index in [1.165, 1.54) is 6.92 Å². The molecule has 7 nitrogen and oxygen atoms in total. The van der Waals surface area contributed by atoms with Crippen molar-refractivity contribution >= 4 is 5.91 Å². The first-order valence-electron chi connectivity index (χ1n) is 10.0. The summed E-state index contributed by atoms with van der Waals surface area (Å²) in [4.78, 5) is 18.4. The number of hydrogen-bond acceptors (Lipinski definition) is 6. The van der Waals surface area contributed by atoms with Crippen LogP contribution in [0.1, 0.15) is 49.9 Å². The smallest absolute Gasteiger partial charge is 0.217 e. The second-order valence-electron chi connectivity index (χ2n) is 8.60. The first-order valence-corrected chi connectivity index (χ1v) is 10.0. The minimum absolute atomic E-state index is 0.143. The largest absolute Gasteiger partial charge is 0.496 e. The van der Waals surface area contributed by atoms with Gasteiger partial charge in [-0.15, -0.1) is 0 Å². The van der Waals surface area contributed by atoms with Crippen LogP contribution in [-0.4, -0.2) is 64.9 Å². The molecule has 156 valence electrons. The maximum absolute atomic E-state index is 11.4. The van der Waals surface area contributed by atoms with Crippen molar-refractivity contribution in [1.29, 1.82) is 0 Å². The van der Waals surface area contributed by atoms with E-state index < -0.39 is 5.60 Å². The molecule has 28 heavy (non-hydrogen) atoms. The van der Waals surface area contributed by atoms with Gasteiger partial charge in [-0.3, -0.25) is 14.7 Å². The number of methoxy groups -OCH3 is 1. The molecule has 2 aliphatic heterocycles. The van der Waals surface area contributed by atoms with E-state index in [1.807, 2.05) is 13.1 Å². The van der Waals surface area contributed by atoms with Crippen molar-refractivity contribution in [2.75, 3.05) is 26.8 Å². The Kier molecular flexibility index (Phi) is 5.98. The average molecular weight is 392 g/mol. The molecule has 1 amide bonds. The Balaban J connectivity index is 1.62. The van der Waals surface area contributed by atoms with Gasteiger partial charge in [-0.25, -0.2) is 0 Å². The highest BCUT2D eigenvalue weighted by Crippen LogP contribution is 2.40. The molecule has 7 heteroatoms. The fourth-order valence-corrected chi connectivity index (χ4v) is 4.59. The van der Waals surface area contributed by atoms with Gasteiger partial charge in [0.2, 0.25) is 5.91 Å². The van der Waals surface area contributed by atoms with E-state index in [0.717, 1.165) is 55.0 Å². The number of nitrogens with zero attached hydrogens (tertiary/aromatic N) is 2. The van der Waals surface area contributed by atoms with Crippen LogP contribution >= 0.6 is 0 Å². The summed E-state index contributed by atoms with van der Waals surface area (Å²) in [5, 5.41) is 13.7. The molecule has 3 heterocycles. The monoisotopic (exact) mass is 391 g/mol. The van der Waals surface area contributed by atoms with Crippen LogP contribution in [0, 0.1) is 13.8 Å². The van der Waals surface area contributed by atoms with Gasteiger partial charge in [0, 0.05) is 50.3 Å². The van der Waals surface area contributed by atoms with Crippen LogP contribution in [-0.2, 0) is 16.1 Å². The second-order valence-corrected chi connectivity index (χ2v) is 8.60. The maximum Gasteiger partial charge on any atom is 0.217 e. The average Bonchev–Trinajstić information content (AvgIpc) is 2.62. The quantitative estimate of drug-likeness (QED) is 0.813. The van der Waals surface area contributed by atoms with Gasteiger partial charge in [-0.2, -0.15) is 0 Å². The molecule has 0 saturated carbocycles. The minimum atomic E-state index is -0.964. The molecular weight excluding hydrogens is 358 g/mol. The van der Waals surface area contributed by atoms with Crippen LogP contribution < -0.4 is 10.1 Å². The number of amides is 1. The van der Waals surface area contributed by atoms with Gasteiger partial charge in [0.25, 0.3) is 0 Å². The molecule has 2 fully saturated rings. The predicted octanol–water partition coefficient (Wildman–Crippen LogP) is 1.72. The Labute approximate surface area is 167 Å². The lowest BCUT2D eigenvalue weighted by Gasteiger charge is -2.51. The van der Waals surface area contributed by atoms with E-state index in [4.69, 9.17) is 9.47 Å². The molecule has 0 aliphatic carbocycles. The number of hydrogen-bond donors (Lipinski definition) is 2. The lowest BCUT2D eigenvalue weighted by atomic mass is 9.75. The van der Waals surface area contributed by atoms with Crippen LogP contribution in [0.2, 0.25) is 0 Å². The molecule has 3 rings (SSSR count). The number of aryl methyl sites for hydroxylation is 1. The van der Waals surface area contributed by atoms with E-state index in [0.29, 0.717) is 13.0 Å². The van der Waals surface area contributed by atoms with Gasteiger partial charge >= 0.3 is 0 Å². The van der Waals surface area contributed by atoms with E-state index in [9.17, 15) is 9.90 Å². The Morgan fingerprint density at radius 3 is 2.68 bits per heavy atom. The van der Waals surface area contributed by atoms with E-state index in [1.54, 1.807) is 14.0 Å². The number of carbonyl (C=O) groups is 1. The molecule has 2 atom stereocenters. The number of rotatable bonds is 4. The van der Waals surface area contributed by atoms with E-state index >= 15 is 0 Å². The highest BCUT2D eigenvalue weighted by atomic mass is 16.5. The number of pyridine rings is 1.